The average Bonchev–Trinajstić information content (AvgIpc) is 2.36. The summed E-state index contributed by atoms with van der Waals surface area (Å²) in [6.07, 6.45) is 0.316. The van der Waals surface area contributed by atoms with Gasteiger partial charge in [-0.25, -0.2) is 4.39 Å². The van der Waals surface area contributed by atoms with Gasteiger partial charge in [0.15, 0.2) is 0 Å². The van der Waals surface area contributed by atoms with Gasteiger partial charge in [-0.2, -0.15) is 0 Å². The summed E-state index contributed by atoms with van der Waals surface area (Å²) in [7, 11) is 0. The largest absolute Gasteiger partial charge is 0.466 e. The molecule has 0 saturated carbocycles. The first kappa shape index (κ1) is 14.6. The number of hydrogen-bond donors (Lipinski definition) is 1. The summed E-state index contributed by atoms with van der Waals surface area (Å²) in [6, 6.07) is 4.27. The number of carbonyl (C=O) groups excluding carboxylic acids is 1. The first-order valence-corrected chi connectivity index (χ1v) is 6.14. The van der Waals surface area contributed by atoms with Gasteiger partial charge < -0.3 is 9.84 Å². The number of aliphatic hydroxyl groups is 1. The number of benzene rings is 1. The Morgan fingerprint density at radius 3 is 2.89 bits per heavy atom. The van der Waals surface area contributed by atoms with Crippen LogP contribution in [-0.4, -0.2) is 17.7 Å². The number of aliphatic hydroxyl groups excluding tert-OH is 1. The smallest absolute Gasteiger partial charge is 0.305 e. The minimum atomic E-state index is -0.838. The van der Waals surface area contributed by atoms with Crippen LogP contribution >= 0.6 is 0 Å². The zero-order chi connectivity index (χ0) is 13.5. The molecule has 0 aromatic heterocycles. The standard InChI is InChI=1S/C14H19FO3/c1-3-8-18-14(17)7-6-13(16)12-9-11(15)5-4-10(12)2/h4-5,9,13,16H,3,6-8H2,1-2H3. The Morgan fingerprint density at radius 2 is 2.22 bits per heavy atom. The van der Waals surface area contributed by atoms with Gasteiger partial charge in [0.1, 0.15) is 5.82 Å². The third-order valence-electron chi connectivity index (χ3n) is 2.69. The number of rotatable bonds is 6. The summed E-state index contributed by atoms with van der Waals surface area (Å²) in [5, 5.41) is 9.93. The van der Waals surface area contributed by atoms with E-state index < -0.39 is 6.10 Å². The molecule has 1 atom stereocenters. The first-order chi connectivity index (χ1) is 8.54. The van der Waals surface area contributed by atoms with Gasteiger partial charge in [0, 0.05) is 6.42 Å². The number of carbonyl (C=O) groups is 1. The Labute approximate surface area is 107 Å². The lowest BCUT2D eigenvalue weighted by Gasteiger charge is -2.13. The Kier molecular flexibility index (Phi) is 5.78. The molecule has 1 unspecified atom stereocenters. The topological polar surface area (TPSA) is 46.5 Å². The summed E-state index contributed by atoms with van der Waals surface area (Å²) in [4.78, 5) is 11.3. The van der Waals surface area contributed by atoms with Crippen LogP contribution in [0.2, 0.25) is 0 Å². The summed E-state index contributed by atoms with van der Waals surface area (Å²) < 4.78 is 18.0. The molecule has 100 valence electrons. The van der Waals surface area contributed by atoms with Crippen LogP contribution in [0.5, 0.6) is 0 Å². The lowest BCUT2D eigenvalue weighted by Crippen LogP contribution is -2.08. The van der Waals surface area contributed by atoms with Crippen LogP contribution in [0.4, 0.5) is 4.39 Å². The van der Waals surface area contributed by atoms with Crippen molar-refractivity contribution in [2.75, 3.05) is 6.61 Å². The van der Waals surface area contributed by atoms with Crippen LogP contribution in [0.3, 0.4) is 0 Å². The van der Waals surface area contributed by atoms with Gasteiger partial charge in [-0.05, 0) is 43.0 Å². The van der Waals surface area contributed by atoms with Crippen LogP contribution in [0.25, 0.3) is 0 Å². The molecule has 0 aliphatic heterocycles. The molecule has 1 rings (SSSR count). The van der Waals surface area contributed by atoms with Crippen molar-refractivity contribution in [3.8, 4) is 0 Å². The molecule has 0 heterocycles. The summed E-state index contributed by atoms with van der Waals surface area (Å²) in [5.74, 6) is -0.715. The van der Waals surface area contributed by atoms with Gasteiger partial charge in [0.25, 0.3) is 0 Å². The highest BCUT2D eigenvalue weighted by molar-refractivity contribution is 5.69. The maximum Gasteiger partial charge on any atom is 0.305 e. The van der Waals surface area contributed by atoms with Crippen LogP contribution in [-0.2, 0) is 9.53 Å². The van der Waals surface area contributed by atoms with Crippen molar-refractivity contribution in [1.29, 1.82) is 0 Å². The van der Waals surface area contributed by atoms with Gasteiger partial charge >= 0.3 is 5.97 Å². The van der Waals surface area contributed by atoms with Gasteiger partial charge in [-0.15, -0.1) is 0 Å². The van der Waals surface area contributed by atoms with E-state index in [2.05, 4.69) is 0 Å². The lowest BCUT2D eigenvalue weighted by atomic mass is 10.00. The van der Waals surface area contributed by atoms with Gasteiger partial charge in [0.05, 0.1) is 12.7 Å². The molecule has 0 aliphatic carbocycles. The molecular weight excluding hydrogens is 235 g/mol. The van der Waals surface area contributed by atoms with Crippen LogP contribution in [0.15, 0.2) is 18.2 Å². The van der Waals surface area contributed by atoms with Crippen molar-refractivity contribution in [2.45, 2.75) is 39.2 Å². The zero-order valence-electron chi connectivity index (χ0n) is 10.8. The molecule has 0 radical (unpaired) electrons. The quantitative estimate of drug-likeness (QED) is 0.794. The summed E-state index contributed by atoms with van der Waals surface area (Å²) >= 11 is 0. The molecule has 0 amide bonds. The highest BCUT2D eigenvalue weighted by Gasteiger charge is 2.14. The number of ether oxygens (including phenoxy) is 1. The van der Waals surface area contributed by atoms with E-state index in [4.69, 9.17) is 4.74 Å². The van der Waals surface area contributed by atoms with Gasteiger partial charge in [-0.3, -0.25) is 4.79 Å². The number of aryl methyl sites for hydroxylation is 1. The number of esters is 1. The van der Waals surface area contributed by atoms with Crippen molar-refractivity contribution in [1.82, 2.24) is 0 Å². The van der Waals surface area contributed by atoms with E-state index in [1.165, 1.54) is 12.1 Å². The highest BCUT2D eigenvalue weighted by atomic mass is 19.1. The van der Waals surface area contributed by atoms with Crippen molar-refractivity contribution in [3.63, 3.8) is 0 Å². The van der Waals surface area contributed by atoms with E-state index in [-0.39, 0.29) is 24.6 Å². The maximum absolute atomic E-state index is 13.1. The second kappa shape index (κ2) is 7.11. The van der Waals surface area contributed by atoms with Gasteiger partial charge in [-0.1, -0.05) is 13.0 Å². The molecule has 3 nitrogen and oxygen atoms in total. The van der Waals surface area contributed by atoms with E-state index >= 15 is 0 Å². The van der Waals surface area contributed by atoms with Crippen LogP contribution in [0, 0.1) is 12.7 Å². The highest BCUT2D eigenvalue weighted by Crippen LogP contribution is 2.22. The predicted molar refractivity (Wildman–Crippen MR) is 66.6 cm³/mol. The normalized spacial score (nSPS) is 12.2. The van der Waals surface area contributed by atoms with Gasteiger partial charge in [0.2, 0.25) is 0 Å². The molecule has 18 heavy (non-hydrogen) atoms. The molecular formula is C14H19FO3. The molecule has 0 fully saturated rings. The zero-order valence-corrected chi connectivity index (χ0v) is 10.8. The van der Waals surface area contributed by atoms with E-state index in [0.717, 1.165) is 12.0 Å². The Balaban J connectivity index is 2.52. The second-order valence-corrected chi connectivity index (χ2v) is 4.28. The van der Waals surface area contributed by atoms with Crippen molar-refractivity contribution in [2.24, 2.45) is 0 Å². The van der Waals surface area contributed by atoms with E-state index in [0.29, 0.717) is 12.2 Å². The molecule has 4 heteroatoms. The third kappa shape index (κ3) is 4.45. The van der Waals surface area contributed by atoms with Crippen molar-refractivity contribution in [3.05, 3.63) is 35.1 Å². The Bertz CT molecular complexity index is 404. The molecule has 1 N–H and O–H groups in total. The van der Waals surface area contributed by atoms with Crippen LogP contribution < -0.4 is 0 Å². The average molecular weight is 254 g/mol. The monoisotopic (exact) mass is 254 g/mol. The number of halogens is 1. The molecule has 0 aliphatic rings. The SMILES string of the molecule is CCCOC(=O)CCC(O)c1cc(F)ccc1C. The minimum absolute atomic E-state index is 0.136. The van der Waals surface area contributed by atoms with E-state index in [9.17, 15) is 14.3 Å². The third-order valence-corrected chi connectivity index (χ3v) is 2.69. The fourth-order valence-corrected chi connectivity index (χ4v) is 1.67. The Morgan fingerprint density at radius 1 is 1.50 bits per heavy atom. The number of hydrogen-bond acceptors (Lipinski definition) is 3. The molecule has 0 bridgehead atoms. The molecule has 0 spiro atoms. The van der Waals surface area contributed by atoms with E-state index in [1.807, 2.05) is 6.92 Å². The lowest BCUT2D eigenvalue weighted by molar-refractivity contribution is -0.144. The summed E-state index contributed by atoms with van der Waals surface area (Å²) in [5.41, 5.74) is 1.34. The fraction of sp³-hybridized carbons (Fsp3) is 0.500. The summed E-state index contributed by atoms with van der Waals surface area (Å²) in [6.45, 7) is 4.11. The van der Waals surface area contributed by atoms with Crippen molar-refractivity contribution >= 4 is 5.97 Å². The van der Waals surface area contributed by atoms with Crippen molar-refractivity contribution < 1.29 is 19.0 Å². The second-order valence-electron chi connectivity index (χ2n) is 4.28. The molecule has 0 saturated heterocycles. The van der Waals surface area contributed by atoms with E-state index in [1.54, 1.807) is 13.0 Å². The molecule has 1 aromatic carbocycles. The first-order valence-electron chi connectivity index (χ1n) is 6.14. The molecule has 1 aromatic rings. The van der Waals surface area contributed by atoms with Crippen LogP contribution in [0.1, 0.15) is 43.4 Å². The predicted octanol–water partition coefficient (Wildman–Crippen LogP) is 2.90. The minimum Gasteiger partial charge on any atom is -0.466 e. The maximum atomic E-state index is 13.1. The fourth-order valence-electron chi connectivity index (χ4n) is 1.67. The Hall–Kier alpha value is -1.42.